The fourth-order valence-corrected chi connectivity index (χ4v) is 2.06. The Hall–Kier alpha value is -1.40. The molecule has 20 heavy (non-hydrogen) atoms. The second-order valence-corrected chi connectivity index (χ2v) is 5.46. The van der Waals surface area contributed by atoms with Crippen molar-refractivity contribution in [3.63, 3.8) is 0 Å². The van der Waals surface area contributed by atoms with Gasteiger partial charge in [-0.05, 0) is 31.7 Å². The number of nitrogens with one attached hydrogen (secondary N) is 1. The van der Waals surface area contributed by atoms with E-state index in [0.717, 1.165) is 36.7 Å². The number of rotatable bonds is 8. The van der Waals surface area contributed by atoms with Crippen LogP contribution in [0.25, 0.3) is 0 Å². The van der Waals surface area contributed by atoms with Crippen LogP contribution in [0.2, 0.25) is 0 Å². The van der Waals surface area contributed by atoms with Gasteiger partial charge in [0.2, 0.25) is 0 Å². The molecule has 1 heterocycles. The lowest BCUT2D eigenvalue weighted by atomic mass is 10.3. The number of hydrogen-bond acceptors (Lipinski definition) is 4. The van der Waals surface area contributed by atoms with Gasteiger partial charge in [0, 0.05) is 45.6 Å². The Labute approximate surface area is 118 Å². The third-order valence-electron chi connectivity index (χ3n) is 3.53. The van der Waals surface area contributed by atoms with E-state index in [4.69, 9.17) is 4.74 Å². The topological polar surface area (TPSA) is 65.3 Å². The maximum atomic E-state index is 11.9. The molecular formula is C14H23N3O3. The van der Waals surface area contributed by atoms with Crippen LogP contribution in [0.1, 0.15) is 24.8 Å². The van der Waals surface area contributed by atoms with Crippen molar-refractivity contribution in [1.29, 1.82) is 0 Å². The van der Waals surface area contributed by atoms with E-state index in [2.05, 4.69) is 5.32 Å². The third-order valence-corrected chi connectivity index (χ3v) is 3.53. The zero-order chi connectivity index (χ0) is 14.5. The van der Waals surface area contributed by atoms with Crippen LogP contribution in [-0.2, 0) is 25.4 Å². The van der Waals surface area contributed by atoms with Crippen LogP contribution in [0, 0.1) is 5.92 Å². The number of aryl methyl sites for hydroxylation is 1. The minimum Gasteiger partial charge on any atom is -0.381 e. The van der Waals surface area contributed by atoms with Gasteiger partial charge in [-0.3, -0.25) is 9.36 Å². The van der Waals surface area contributed by atoms with Crippen molar-refractivity contribution in [3.05, 3.63) is 32.6 Å². The van der Waals surface area contributed by atoms with Gasteiger partial charge >= 0.3 is 5.69 Å². The molecule has 1 saturated carbocycles. The van der Waals surface area contributed by atoms with Gasteiger partial charge in [0.05, 0.1) is 0 Å². The summed E-state index contributed by atoms with van der Waals surface area (Å²) in [5.74, 6) is 0.802. The van der Waals surface area contributed by atoms with Gasteiger partial charge in [0.25, 0.3) is 5.56 Å². The third kappa shape index (κ3) is 4.05. The first-order valence-electron chi connectivity index (χ1n) is 7.13. The lowest BCUT2D eigenvalue weighted by Gasteiger charge is -2.08. The average Bonchev–Trinajstić information content (AvgIpc) is 3.25. The highest BCUT2D eigenvalue weighted by Gasteiger charge is 2.20. The van der Waals surface area contributed by atoms with Crippen LogP contribution in [0.4, 0.5) is 0 Å². The standard InChI is InChI=1S/C14H23N3O3/c1-16-9-12(13(18)17(2)14(16)19)8-15-6-3-7-20-10-11-4-5-11/h9,11,15H,3-8,10H2,1-2H3. The lowest BCUT2D eigenvalue weighted by molar-refractivity contribution is 0.122. The van der Waals surface area contributed by atoms with Crippen molar-refractivity contribution in [2.75, 3.05) is 19.8 Å². The summed E-state index contributed by atoms with van der Waals surface area (Å²) in [6.45, 7) is 2.93. The highest BCUT2D eigenvalue weighted by atomic mass is 16.5. The maximum absolute atomic E-state index is 11.9. The fraction of sp³-hybridized carbons (Fsp3) is 0.714. The van der Waals surface area contributed by atoms with E-state index < -0.39 is 0 Å². The zero-order valence-corrected chi connectivity index (χ0v) is 12.2. The van der Waals surface area contributed by atoms with Crippen molar-refractivity contribution < 1.29 is 4.74 Å². The van der Waals surface area contributed by atoms with E-state index >= 15 is 0 Å². The van der Waals surface area contributed by atoms with E-state index in [9.17, 15) is 9.59 Å². The van der Waals surface area contributed by atoms with Gasteiger partial charge in [-0.15, -0.1) is 0 Å². The second kappa shape index (κ2) is 6.85. The van der Waals surface area contributed by atoms with Gasteiger partial charge in [-0.1, -0.05) is 0 Å². The van der Waals surface area contributed by atoms with Crippen LogP contribution in [-0.4, -0.2) is 28.9 Å². The molecular weight excluding hydrogens is 258 g/mol. The molecule has 2 rings (SSSR count). The molecule has 6 nitrogen and oxygen atoms in total. The Morgan fingerprint density at radius 2 is 2.10 bits per heavy atom. The summed E-state index contributed by atoms with van der Waals surface area (Å²) < 4.78 is 8.10. The summed E-state index contributed by atoms with van der Waals surface area (Å²) in [4.78, 5) is 23.4. The Morgan fingerprint density at radius 3 is 2.80 bits per heavy atom. The Balaban J connectivity index is 1.71. The average molecular weight is 281 g/mol. The van der Waals surface area contributed by atoms with E-state index in [-0.39, 0.29) is 11.2 Å². The summed E-state index contributed by atoms with van der Waals surface area (Å²) >= 11 is 0. The van der Waals surface area contributed by atoms with E-state index in [1.807, 2.05) is 0 Å². The minimum absolute atomic E-state index is 0.231. The molecule has 1 N–H and O–H groups in total. The number of nitrogens with zero attached hydrogens (tertiary/aromatic N) is 2. The highest BCUT2D eigenvalue weighted by Crippen LogP contribution is 2.28. The van der Waals surface area contributed by atoms with Crippen molar-refractivity contribution in [1.82, 2.24) is 14.5 Å². The largest absolute Gasteiger partial charge is 0.381 e. The lowest BCUT2D eigenvalue weighted by Crippen LogP contribution is -2.39. The van der Waals surface area contributed by atoms with Gasteiger partial charge in [0.15, 0.2) is 0 Å². The van der Waals surface area contributed by atoms with Crippen LogP contribution >= 0.6 is 0 Å². The van der Waals surface area contributed by atoms with E-state index in [1.54, 1.807) is 13.2 Å². The Kier molecular flexibility index (Phi) is 5.14. The molecule has 1 aliphatic carbocycles. The summed E-state index contributed by atoms with van der Waals surface area (Å²) in [6.07, 6.45) is 5.16. The molecule has 0 spiro atoms. The minimum atomic E-state index is -0.299. The van der Waals surface area contributed by atoms with Crippen LogP contribution in [0.3, 0.4) is 0 Å². The molecule has 0 aliphatic heterocycles. The molecule has 1 aliphatic rings. The predicted molar refractivity (Wildman–Crippen MR) is 76.8 cm³/mol. The fourth-order valence-electron chi connectivity index (χ4n) is 2.06. The normalized spacial score (nSPS) is 14.7. The maximum Gasteiger partial charge on any atom is 0.330 e. The van der Waals surface area contributed by atoms with Gasteiger partial charge in [0.1, 0.15) is 0 Å². The summed E-state index contributed by atoms with van der Waals surface area (Å²) in [6, 6.07) is 0. The monoisotopic (exact) mass is 281 g/mol. The molecule has 0 radical (unpaired) electrons. The summed E-state index contributed by atoms with van der Waals surface area (Å²) in [5.41, 5.74) is 0.0753. The van der Waals surface area contributed by atoms with Crippen molar-refractivity contribution >= 4 is 0 Å². The van der Waals surface area contributed by atoms with Crippen LogP contribution in [0.5, 0.6) is 0 Å². The first kappa shape index (κ1) is 15.0. The molecule has 0 amide bonds. The molecule has 0 aromatic carbocycles. The first-order chi connectivity index (χ1) is 9.59. The summed E-state index contributed by atoms with van der Waals surface area (Å²) in [5, 5.41) is 3.21. The molecule has 0 saturated heterocycles. The highest BCUT2D eigenvalue weighted by molar-refractivity contribution is 5.05. The Morgan fingerprint density at radius 1 is 1.35 bits per heavy atom. The quantitative estimate of drug-likeness (QED) is 0.681. The molecule has 1 aromatic rings. The van der Waals surface area contributed by atoms with Crippen molar-refractivity contribution in [2.45, 2.75) is 25.8 Å². The van der Waals surface area contributed by atoms with Crippen LogP contribution < -0.4 is 16.6 Å². The first-order valence-corrected chi connectivity index (χ1v) is 7.13. The zero-order valence-electron chi connectivity index (χ0n) is 12.2. The molecule has 1 aromatic heterocycles. The van der Waals surface area contributed by atoms with E-state index in [1.165, 1.54) is 24.5 Å². The molecule has 6 heteroatoms. The smallest absolute Gasteiger partial charge is 0.330 e. The second-order valence-electron chi connectivity index (χ2n) is 5.46. The predicted octanol–water partition coefficient (Wildman–Crippen LogP) is -0.00970. The van der Waals surface area contributed by atoms with Gasteiger partial charge in [-0.25, -0.2) is 4.79 Å². The van der Waals surface area contributed by atoms with Crippen molar-refractivity contribution in [2.24, 2.45) is 20.0 Å². The van der Waals surface area contributed by atoms with Gasteiger partial charge < -0.3 is 14.6 Å². The number of hydrogen-bond donors (Lipinski definition) is 1. The van der Waals surface area contributed by atoms with Gasteiger partial charge in [-0.2, -0.15) is 0 Å². The van der Waals surface area contributed by atoms with Crippen molar-refractivity contribution in [3.8, 4) is 0 Å². The molecule has 0 atom stereocenters. The number of ether oxygens (including phenoxy) is 1. The SMILES string of the molecule is Cn1cc(CNCCCOCC2CC2)c(=O)n(C)c1=O. The number of aromatic nitrogens is 2. The van der Waals surface area contributed by atoms with E-state index in [0.29, 0.717) is 12.1 Å². The Bertz CT molecular complexity index is 558. The summed E-state index contributed by atoms with van der Waals surface area (Å²) in [7, 11) is 3.15. The molecule has 112 valence electrons. The van der Waals surface area contributed by atoms with Crippen LogP contribution in [0.15, 0.2) is 15.8 Å². The molecule has 1 fully saturated rings. The molecule has 0 bridgehead atoms. The molecule has 0 unspecified atom stereocenters.